The summed E-state index contributed by atoms with van der Waals surface area (Å²) < 4.78 is 11.8. The average molecular weight is 432 g/mol. The Morgan fingerprint density at radius 2 is 1.59 bits per heavy atom. The molecule has 1 amide bonds. The Bertz CT molecular complexity index is 1050. The van der Waals surface area contributed by atoms with Crippen LogP contribution in [-0.4, -0.2) is 12.5 Å². The Morgan fingerprint density at radius 3 is 2.25 bits per heavy atom. The lowest BCUT2D eigenvalue weighted by Gasteiger charge is -2.19. The highest BCUT2D eigenvalue weighted by atomic mass is 16.5. The second-order valence-corrected chi connectivity index (χ2v) is 8.78. The third-order valence-electron chi connectivity index (χ3n) is 5.38. The summed E-state index contributed by atoms with van der Waals surface area (Å²) in [6, 6.07) is 21.5. The van der Waals surface area contributed by atoms with Crippen molar-refractivity contribution in [2.45, 2.75) is 53.1 Å². The van der Waals surface area contributed by atoms with E-state index in [9.17, 15) is 4.79 Å². The van der Waals surface area contributed by atoms with Gasteiger partial charge in [0, 0.05) is 16.8 Å². The molecular formula is C28H33NO3. The smallest absolute Gasteiger partial charge is 0.255 e. The highest BCUT2D eigenvalue weighted by Gasteiger charge is 2.15. The molecule has 3 rings (SSSR count). The highest BCUT2D eigenvalue weighted by Crippen LogP contribution is 2.27. The Balaban J connectivity index is 1.77. The van der Waals surface area contributed by atoms with Crippen molar-refractivity contribution in [3.63, 3.8) is 0 Å². The second-order valence-electron chi connectivity index (χ2n) is 8.78. The zero-order valence-electron chi connectivity index (χ0n) is 19.7. The monoisotopic (exact) mass is 431 g/mol. The van der Waals surface area contributed by atoms with E-state index in [1.165, 1.54) is 5.56 Å². The largest absolute Gasteiger partial charge is 0.493 e. The first-order valence-electron chi connectivity index (χ1n) is 11.2. The first-order valence-corrected chi connectivity index (χ1v) is 11.2. The highest BCUT2D eigenvalue weighted by molar-refractivity contribution is 6.04. The third kappa shape index (κ3) is 5.91. The number of carbonyl (C=O) groups excluding carboxylic acids is 1. The Labute approximate surface area is 191 Å². The lowest BCUT2D eigenvalue weighted by atomic mass is 9.87. The van der Waals surface area contributed by atoms with Gasteiger partial charge in [0.05, 0.1) is 6.61 Å². The average Bonchev–Trinajstić information content (AvgIpc) is 2.78. The minimum atomic E-state index is -0.148. The molecule has 168 valence electrons. The molecule has 0 heterocycles. The van der Waals surface area contributed by atoms with Crippen LogP contribution in [0.15, 0.2) is 66.7 Å². The van der Waals surface area contributed by atoms with Gasteiger partial charge in [-0.25, -0.2) is 0 Å². The lowest BCUT2D eigenvalue weighted by Crippen LogP contribution is -2.14. The van der Waals surface area contributed by atoms with Gasteiger partial charge in [-0.2, -0.15) is 0 Å². The molecule has 0 aliphatic carbocycles. The quantitative estimate of drug-likeness (QED) is 0.428. The molecule has 0 radical (unpaired) electrons. The molecule has 0 unspecified atom stereocenters. The lowest BCUT2D eigenvalue weighted by molar-refractivity contribution is 0.102. The molecule has 0 saturated carbocycles. The van der Waals surface area contributed by atoms with Gasteiger partial charge in [0.1, 0.15) is 18.1 Å². The summed E-state index contributed by atoms with van der Waals surface area (Å²) in [5.41, 5.74) is 4.70. The number of rotatable bonds is 8. The molecule has 0 atom stereocenters. The van der Waals surface area contributed by atoms with E-state index in [-0.39, 0.29) is 11.3 Å². The molecular weight excluding hydrogens is 398 g/mol. The van der Waals surface area contributed by atoms with Crippen LogP contribution in [0.5, 0.6) is 11.5 Å². The maximum atomic E-state index is 12.9. The van der Waals surface area contributed by atoms with Crippen molar-refractivity contribution in [1.29, 1.82) is 0 Å². The molecule has 4 heteroatoms. The van der Waals surface area contributed by atoms with Crippen molar-refractivity contribution < 1.29 is 14.3 Å². The third-order valence-corrected chi connectivity index (χ3v) is 5.38. The summed E-state index contributed by atoms with van der Waals surface area (Å²) in [6.45, 7) is 11.4. The Kier molecular flexibility index (Phi) is 7.57. The Morgan fingerprint density at radius 1 is 0.875 bits per heavy atom. The number of nitrogens with one attached hydrogen (secondary N) is 1. The summed E-state index contributed by atoms with van der Waals surface area (Å²) in [7, 11) is 0. The van der Waals surface area contributed by atoms with Gasteiger partial charge in [-0.15, -0.1) is 0 Å². The van der Waals surface area contributed by atoms with E-state index in [1.54, 1.807) is 6.07 Å². The number of hydrogen-bond donors (Lipinski definition) is 1. The SMILES string of the molecule is CCOc1ccc(C(=O)Nc2ccccc2CC)cc1COc1ccc(C(C)(C)C)cc1. The van der Waals surface area contributed by atoms with Crippen LogP contribution in [0, 0.1) is 0 Å². The summed E-state index contributed by atoms with van der Waals surface area (Å²) in [4.78, 5) is 12.9. The number of para-hydroxylation sites is 1. The number of ether oxygens (including phenoxy) is 2. The Hall–Kier alpha value is -3.27. The zero-order valence-corrected chi connectivity index (χ0v) is 19.7. The number of amides is 1. The molecule has 0 fully saturated rings. The fourth-order valence-electron chi connectivity index (χ4n) is 3.49. The number of aryl methyl sites for hydroxylation is 1. The van der Waals surface area contributed by atoms with E-state index in [2.05, 4.69) is 45.1 Å². The van der Waals surface area contributed by atoms with E-state index < -0.39 is 0 Å². The summed E-state index contributed by atoms with van der Waals surface area (Å²) in [5.74, 6) is 1.36. The molecule has 4 nitrogen and oxygen atoms in total. The minimum Gasteiger partial charge on any atom is -0.493 e. The van der Waals surface area contributed by atoms with Crippen molar-refractivity contribution in [3.05, 3.63) is 89.0 Å². The zero-order chi connectivity index (χ0) is 23.1. The first-order chi connectivity index (χ1) is 15.3. The summed E-state index contributed by atoms with van der Waals surface area (Å²) in [5, 5.41) is 3.03. The van der Waals surface area contributed by atoms with Crippen LogP contribution in [0.1, 0.15) is 61.7 Å². The van der Waals surface area contributed by atoms with Gasteiger partial charge in [-0.05, 0) is 66.3 Å². The van der Waals surface area contributed by atoms with Crippen molar-refractivity contribution >= 4 is 11.6 Å². The van der Waals surface area contributed by atoms with Crippen molar-refractivity contribution in [2.24, 2.45) is 0 Å². The van der Waals surface area contributed by atoms with E-state index in [4.69, 9.17) is 9.47 Å². The van der Waals surface area contributed by atoms with Gasteiger partial charge in [0.2, 0.25) is 0 Å². The van der Waals surface area contributed by atoms with E-state index in [0.29, 0.717) is 18.8 Å². The molecule has 0 bridgehead atoms. The molecule has 0 aliphatic heterocycles. The summed E-state index contributed by atoms with van der Waals surface area (Å²) in [6.07, 6.45) is 0.854. The number of hydrogen-bond acceptors (Lipinski definition) is 3. The maximum absolute atomic E-state index is 12.9. The molecule has 3 aromatic rings. The van der Waals surface area contributed by atoms with Crippen molar-refractivity contribution in [1.82, 2.24) is 0 Å². The van der Waals surface area contributed by atoms with E-state index in [1.807, 2.05) is 55.5 Å². The molecule has 32 heavy (non-hydrogen) atoms. The van der Waals surface area contributed by atoms with Gasteiger partial charge in [0.15, 0.2) is 0 Å². The fourth-order valence-corrected chi connectivity index (χ4v) is 3.49. The second kappa shape index (κ2) is 10.4. The van der Waals surface area contributed by atoms with Crippen molar-refractivity contribution in [3.8, 4) is 11.5 Å². The van der Waals surface area contributed by atoms with Crippen LogP contribution in [0.2, 0.25) is 0 Å². The minimum absolute atomic E-state index is 0.0960. The molecule has 0 aliphatic rings. The molecule has 3 aromatic carbocycles. The van der Waals surface area contributed by atoms with Crippen LogP contribution in [-0.2, 0) is 18.4 Å². The fraction of sp³-hybridized carbons (Fsp3) is 0.321. The standard InChI is InChI=1S/C28H33NO3/c1-6-20-10-8-9-11-25(20)29-27(30)21-12-17-26(31-7-2)22(18-21)19-32-24-15-13-23(14-16-24)28(3,4)5/h8-18H,6-7,19H2,1-5H3,(H,29,30). The maximum Gasteiger partial charge on any atom is 0.255 e. The topological polar surface area (TPSA) is 47.6 Å². The van der Waals surface area contributed by atoms with Crippen LogP contribution in [0.4, 0.5) is 5.69 Å². The number of anilines is 1. The van der Waals surface area contributed by atoms with Crippen LogP contribution in [0.3, 0.4) is 0 Å². The molecule has 0 saturated heterocycles. The predicted molar refractivity (Wildman–Crippen MR) is 131 cm³/mol. The normalized spacial score (nSPS) is 11.2. The van der Waals surface area contributed by atoms with Gasteiger partial charge < -0.3 is 14.8 Å². The number of benzene rings is 3. The van der Waals surface area contributed by atoms with Gasteiger partial charge in [0.25, 0.3) is 5.91 Å². The number of carbonyl (C=O) groups is 1. The van der Waals surface area contributed by atoms with Crippen molar-refractivity contribution in [2.75, 3.05) is 11.9 Å². The summed E-state index contributed by atoms with van der Waals surface area (Å²) >= 11 is 0. The van der Waals surface area contributed by atoms with E-state index >= 15 is 0 Å². The molecule has 0 spiro atoms. The van der Waals surface area contributed by atoms with Gasteiger partial charge >= 0.3 is 0 Å². The van der Waals surface area contributed by atoms with Gasteiger partial charge in [-0.1, -0.05) is 58.0 Å². The van der Waals surface area contributed by atoms with Gasteiger partial charge in [-0.3, -0.25) is 4.79 Å². The molecule has 1 N–H and O–H groups in total. The molecule has 0 aromatic heterocycles. The van der Waals surface area contributed by atoms with Crippen LogP contribution >= 0.6 is 0 Å². The predicted octanol–water partition coefficient (Wildman–Crippen LogP) is 6.78. The first kappa shape index (κ1) is 23.4. The van der Waals surface area contributed by atoms with Crippen LogP contribution in [0.25, 0.3) is 0 Å². The van der Waals surface area contributed by atoms with E-state index in [0.717, 1.165) is 34.7 Å². The van der Waals surface area contributed by atoms with Crippen LogP contribution < -0.4 is 14.8 Å².